The molecule has 0 amide bonds. The van der Waals surface area contributed by atoms with Gasteiger partial charge in [0.2, 0.25) is 0 Å². The molecule has 9 heteroatoms. The van der Waals surface area contributed by atoms with Gasteiger partial charge in [0.1, 0.15) is 42.2 Å². The molecule has 9 nitrogen and oxygen atoms in total. The van der Waals surface area contributed by atoms with E-state index in [1.165, 1.54) is 32.1 Å². The molecular weight excluding hydrogens is 524 g/mol. The second kappa shape index (κ2) is 16.0. The standard InChI is InChI=1S/C32H46N2O7/c1-2-3-17-33-18-20-34(21-19-33)24-9-11-25(12-10-24)39-23-29(36)31(37)32(38)30(22-35)41-28-15-13-27(14-16-28)40-26-7-5-4-6-8-26/h9-16,22,26,29-32,36-38H,2-8,17-21,23H2,1H3/t29-,30+,31-,32-/m1/s1. The van der Waals surface area contributed by atoms with E-state index in [9.17, 15) is 20.1 Å². The highest BCUT2D eigenvalue weighted by molar-refractivity contribution is 5.58. The number of benzene rings is 2. The maximum absolute atomic E-state index is 11.7. The van der Waals surface area contributed by atoms with Crippen LogP contribution in [0.2, 0.25) is 0 Å². The Kier molecular flexibility index (Phi) is 12.1. The maximum Gasteiger partial charge on any atom is 0.182 e. The zero-order valence-corrected chi connectivity index (χ0v) is 24.1. The van der Waals surface area contributed by atoms with Gasteiger partial charge in [0.05, 0.1) is 6.10 Å². The quantitative estimate of drug-likeness (QED) is 0.277. The molecule has 1 aliphatic heterocycles. The van der Waals surface area contributed by atoms with Crippen LogP contribution < -0.4 is 19.1 Å². The number of rotatable bonds is 15. The van der Waals surface area contributed by atoms with Crippen molar-refractivity contribution in [2.24, 2.45) is 0 Å². The van der Waals surface area contributed by atoms with E-state index in [2.05, 4.69) is 16.7 Å². The van der Waals surface area contributed by atoms with Crippen molar-refractivity contribution in [1.82, 2.24) is 4.90 Å². The lowest BCUT2D eigenvalue weighted by atomic mass is 9.98. The predicted molar refractivity (Wildman–Crippen MR) is 158 cm³/mol. The Balaban J connectivity index is 1.21. The Hall–Kier alpha value is -2.85. The van der Waals surface area contributed by atoms with Crippen LogP contribution in [-0.2, 0) is 4.79 Å². The summed E-state index contributed by atoms with van der Waals surface area (Å²) in [4.78, 5) is 16.5. The van der Waals surface area contributed by atoms with Crippen LogP contribution >= 0.6 is 0 Å². The zero-order chi connectivity index (χ0) is 29.0. The SMILES string of the molecule is CCCCN1CCN(c2ccc(OC[C@@H](O)[C@@H](O)[C@H](O)[C@H](C=O)Oc3ccc(OC4CCCCC4)cc3)cc2)CC1. The Bertz CT molecular complexity index is 1020. The van der Waals surface area contributed by atoms with Crippen LogP contribution in [0.4, 0.5) is 5.69 Å². The van der Waals surface area contributed by atoms with Gasteiger partial charge >= 0.3 is 0 Å². The highest BCUT2D eigenvalue weighted by Crippen LogP contribution is 2.26. The van der Waals surface area contributed by atoms with E-state index in [4.69, 9.17) is 14.2 Å². The first-order valence-electron chi connectivity index (χ1n) is 15.1. The minimum absolute atomic E-state index is 0.216. The molecule has 2 fully saturated rings. The van der Waals surface area contributed by atoms with Gasteiger partial charge in [0.15, 0.2) is 12.4 Å². The van der Waals surface area contributed by atoms with Crippen molar-refractivity contribution in [3.63, 3.8) is 0 Å². The molecule has 4 atom stereocenters. The van der Waals surface area contributed by atoms with Crippen molar-refractivity contribution in [3.8, 4) is 17.2 Å². The average Bonchev–Trinajstić information content (AvgIpc) is 3.02. The first-order chi connectivity index (χ1) is 20.0. The lowest BCUT2D eigenvalue weighted by molar-refractivity contribution is -0.132. The number of unbranched alkanes of at least 4 members (excludes halogenated alkanes) is 1. The van der Waals surface area contributed by atoms with Gasteiger partial charge in [0.25, 0.3) is 0 Å². The maximum atomic E-state index is 11.7. The van der Waals surface area contributed by atoms with Crippen LogP contribution in [0.25, 0.3) is 0 Å². The van der Waals surface area contributed by atoms with Gasteiger partial charge in [-0.2, -0.15) is 0 Å². The molecule has 0 bridgehead atoms. The van der Waals surface area contributed by atoms with Crippen molar-refractivity contribution < 1.29 is 34.3 Å². The zero-order valence-electron chi connectivity index (χ0n) is 24.1. The van der Waals surface area contributed by atoms with Crippen molar-refractivity contribution >= 4 is 12.0 Å². The number of nitrogens with zero attached hydrogens (tertiary/aromatic N) is 2. The summed E-state index contributed by atoms with van der Waals surface area (Å²) >= 11 is 0. The second-order valence-corrected chi connectivity index (χ2v) is 11.1. The molecule has 2 aromatic rings. The highest BCUT2D eigenvalue weighted by atomic mass is 16.5. The first kappa shape index (κ1) is 31.1. The molecule has 226 valence electrons. The van der Waals surface area contributed by atoms with Crippen LogP contribution in [0.5, 0.6) is 17.2 Å². The molecule has 1 saturated carbocycles. The van der Waals surface area contributed by atoms with Crippen molar-refractivity contribution in [2.75, 3.05) is 44.2 Å². The molecule has 1 heterocycles. The fraction of sp³-hybridized carbons (Fsp3) is 0.594. The smallest absolute Gasteiger partial charge is 0.182 e. The van der Waals surface area contributed by atoms with Crippen LogP contribution in [0.15, 0.2) is 48.5 Å². The summed E-state index contributed by atoms with van der Waals surface area (Å²) in [6.07, 6.45) is 2.66. The topological polar surface area (TPSA) is 112 Å². The minimum Gasteiger partial charge on any atom is -0.491 e. The number of hydrogen-bond donors (Lipinski definition) is 3. The van der Waals surface area contributed by atoms with Crippen LogP contribution in [0.3, 0.4) is 0 Å². The number of ether oxygens (including phenoxy) is 3. The molecule has 2 aliphatic rings. The van der Waals surface area contributed by atoms with Gasteiger partial charge in [-0.3, -0.25) is 9.69 Å². The van der Waals surface area contributed by atoms with Gasteiger partial charge in [-0.1, -0.05) is 19.8 Å². The van der Waals surface area contributed by atoms with Gasteiger partial charge in [-0.25, -0.2) is 0 Å². The monoisotopic (exact) mass is 570 g/mol. The molecule has 1 saturated heterocycles. The van der Waals surface area contributed by atoms with Gasteiger partial charge in [-0.15, -0.1) is 0 Å². The number of hydrogen-bond acceptors (Lipinski definition) is 9. The molecular formula is C32H46N2O7. The summed E-state index contributed by atoms with van der Waals surface area (Å²) in [5, 5.41) is 31.5. The van der Waals surface area contributed by atoms with Crippen molar-refractivity contribution in [3.05, 3.63) is 48.5 Å². The molecule has 0 spiro atoms. The fourth-order valence-electron chi connectivity index (χ4n) is 5.37. The summed E-state index contributed by atoms with van der Waals surface area (Å²) in [5.74, 6) is 1.60. The van der Waals surface area contributed by atoms with Crippen molar-refractivity contribution in [1.29, 1.82) is 0 Å². The Labute approximate surface area is 243 Å². The highest BCUT2D eigenvalue weighted by Gasteiger charge is 2.33. The Morgan fingerprint density at radius 3 is 2.12 bits per heavy atom. The largest absolute Gasteiger partial charge is 0.491 e. The molecule has 3 N–H and O–H groups in total. The van der Waals surface area contributed by atoms with Crippen molar-refractivity contribution in [2.45, 2.75) is 82.4 Å². The summed E-state index contributed by atoms with van der Waals surface area (Å²) in [5.41, 5.74) is 1.11. The van der Waals surface area contributed by atoms with Crippen LogP contribution in [-0.4, -0.2) is 96.4 Å². The van der Waals surface area contributed by atoms with E-state index in [0.717, 1.165) is 57.0 Å². The Morgan fingerprint density at radius 2 is 1.49 bits per heavy atom. The number of carbonyl (C=O) groups is 1. The minimum atomic E-state index is -1.65. The van der Waals surface area contributed by atoms with E-state index >= 15 is 0 Å². The van der Waals surface area contributed by atoms with Crippen LogP contribution in [0.1, 0.15) is 51.9 Å². The number of aldehydes is 1. The third-order valence-corrected chi connectivity index (χ3v) is 7.99. The summed E-state index contributed by atoms with van der Waals surface area (Å²) in [6.45, 7) is 7.17. The number of aliphatic hydroxyl groups excluding tert-OH is 3. The Morgan fingerprint density at radius 1 is 0.854 bits per heavy atom. The normalized spacial score (nSPS) is 19.7. The molecule has 0 unspecified atom stereocenters. The summed E-state index contributed by atoms with van der Waals surface area (Å²) < 4.78 is 17.3. The van der Waals surface area contributed by atoms with Crippen LogP contribution in [0, 0.1) is 0 Å². The van der Waals surface area contributed by atoms with Gasteiger partial charge in [-0.05, 0) is 87.2 Å². The fourth-order valence-corrected chi connectivity index (χ4v) is 5.37. The molecule has 0 aromatic heterocycles. The lowest BCUT2D eigenvalue weighted by Crippen LogP contribution is -2.49. The number of carbonyl (C=O) groups excluding carboxylic acids is 1. The summed E-state index contributed by atoms with van der Waals surface area (Å²) in [7, 11) is 0. The molecule has 1 aliphatic carbocycles. The van der Waals surface area contributed by atoms with Gasteiger partial charge < -0.3 is 34.4 Å². The number of piperazine rings is 1. The molecule has 0 radical (unpaired) electrons. The third-order valence-electron chi connectivity index (χ3n) is 7.99. The van der Waals surface area contributed by atoms with E-state index in [1.807, 2.05) is 24.3 Å². The van der Waals surface area contributed by atoms with E-state index in [0.29, 0.717) is 17.8 Å². The van der Waals surface area contributed by atoms with E-state index < -0.39 is 24.4 Å². The average molecular weight is 571 g/mol. The number of aliphatic hydroxyl groups is 3. The molecule has 2 aromatic carbocycles. The third kappa shape index (κ3) is 9.33. The molecule has 4 rings (SSSR count). The predicted octanol–water partition coefficient (Wildman–Crippen LogP) is 3.43. The first-order valence-corrected chi connectivity index (χ1v) is 15.1. The summed E-state index contributed by atoms with van der Waals surface area (Å²) in [6, 6.07) is 14.5. The van der Waals surface area contributed by atoms with E-state index in [1.54, 1.807) is 24.3 Å². The number of anilines is 1. The van der Waals surface area contributed by atoms with E-state index in [-0.39, 0.29) is 12.7 Å². The second-order valence-electron chi connectivity index (χ2n) is 11.1. The van der Waals surface area contributed by atoms with Gasteiger partial charge in [0, 0.05) is 31.9 Å². The molecule has 41 heavy (non-hydrogen) atoms. The lowest BCUT2D eigenvalue weighted by Gasteiger charge is -2.36.